The Hall–Kier alpha value is -1.39. The first-order valence-electron chi connectivity index (χ1n) is 5.78. The predicted octanol–water partition coefficient (Wildman–Crippen LogP) is -1.66. The van der Waals surface area contributed by atoms with Crippen molar-refractivity contribution in [3.63, 3.8) is 0 Å². The molecule has 0 radical (unpaired) electrons. The highest BCUT2D eigenvalue weighted by Crippen LogP contribution is 2.38. The van der Waals surface area contributed by atoms with E-state index in [4.69, 9.17) is 0 Å². The molecular weight excluding hydrogens is 278 g/mol. The lowest BCUT2D eigenvalue weighted by molar-refractivity contribution is -0.130. The van der Waals surface area contributed by atoms with Crippen molar-refractivity contribution in [2.75, 3.05) is 20.1 Å². The van der Waals surface area contributed by atoms with Gasteiger partial charge < -0.3 is 14.4 Å². The first-order chi connectivity index (χ1) is 8.78. The summed E-state index contributed by atoms with van der Waals surface area (Å²) < 4.78 is 36.0. The molecular formula is C9H12N3O6S-. The minimum absolute atomic E-state index is 0.0526. The van der Waals surface area contributed by atoms with Gasteiger partial charge in [-0.3, -0.25) is 4.79 Å². The summed E-state index contributed by atoms with van der Waals surface area (Å²) in [5.41, 5.74) is 0. The van der Waals surface area contributed by atoms with E-state index in [1.165, 1.54) is 4.90 Å². The summed E-state index contributed by atoms with van der Waals surface area (Å²) in [4.78, 5) is 26.8. The van der Waals surface area contributed by atoms with E-state index in [1.807, 2.05) is 0 Å². The van der Waals surface area contributed by atoms with Gasteiger partial charge in [0, 0.05) is 26.1 Å². The van der Waals surface area contributed by atoms with Gasteiger partial charge in [0.05, 0.1) is 6.04 Å². The number of urea groups is 1. The number of hydrogen-bond donors (Lipinski definition) is 0. The number of fused-ring (bicyclic) bond motifs is 4. The molecule has 9 nitrogen and oxygen atoms in total. The summed E-state index contributed by atoms with van der Waals surface area (Å²) in [6.07, 6.45) is 0.443. The Morgan fingerprint density at radius 3 is 2.63 bits per heavy atom. The Balaban J connectivity index is 1.88. The Kier molecular flexibility index (Phi) is 2.53. The lowest BCUT2D eigenvalue weighted by Gasteiger charge is -2.30. The molecule has 0 aliphatic carbocycles. The smallest absolute Gasteiger partial charge is 0.346 e. The molecule has 3 atom stereocenters. The van der Waals surface area contributed by atoms with E-state index in [1.54, 1.807) is 11.9 Å². The van der Waals surface area contributed by atoms with Gasteiger partial charge in [0.1, 0.15) is 6.04 Å². The summed E-state index contributed by atoms with van der Waals surface area (Å²) >= 11 is 0. The first kappa shape index (κ1) is 12.6. The molecule has 3 heterocycles. The molecule has 0 saturated carbocycles. The van der Waals surface area contributed by atoms with Crippen molar-refractivity contribution in [2.24, 2.45) is 5.92 Å². The summed E-state index contributed by atoms with van der Waals surface area (Å²) in [6, 6.07) is -1.81. The molecule has 3 rings (SSSR count). The molecule has 3 aliphatic rings. The topological polar surface area (TPSA) is 110 Å². The summed E-state index contributed by atoms with van der Waals surface area (Å²) in [5.74, 6) is -0.216. The van der Waals surface area contributed by atoms with Gasteiger partial charge >= 0.3 is 6.03 Å². The van der Waals surface area contributed by atoms with E-state index in [9.17, 15) is 22.6 Å². The van der Waals surface area contributed by atoms with Crippen LogP contribution in [0.15, 0.2) is 0 Å². The Morgan fingerprint density at radius 1 is 1.32 bits per heavy atom. The average Bonchev–Trinajstić information content (AvgIpc) is 2.70. The van der Waals surface area contributed by atoms with Crippen LogP contribution in [0.1, 0.15) is 6.42 Å². The molecule has 3 saturated heterocycles. The Bertz CT molecular complexity index is 548. The third-order valence-corrected chi connectivity index (χ3v) is 4.18. The van der Waals surface area contributed by atoms with E-state index in [-0.39, 0.29) is 18.4 Å². The SMILES string of the molecule is CN1C[C@@H]2C[C@@H]3CN(C(=O)N3OS(=O)(=O)[O-])[C@@H]2C1=O. The van der Waals surface area contributed by atoms with E-state index in [2.05, 4.69) is 4.28 Å². The average molecular weight is 290 g/mol. The van der Waals surface area contributed by atoms with Gasteiger partial charge in [-0.2, -0.15) is 9.35 Å². The maximum Gasteiger partial charge on any atom is 0.346 e. The van der Waals surface area contributed by atoms with Crippen LogP contribution in [0.2, 0.25) is 0 Å². The number of hydrogen-bond acceptors (Lipinski definition) is 6. The molecule has 0 N–H and O–H groups in total. The van der Waals surface area contributed by atoms with Crippen LogP contribution >= 0.6 is 0 Å². The van der Waals surface area contributed by atoms with Crippen molar-refractivity contribution in [3.05, 3.63) is 0 Å². The van der Waals surface area contributed by atoms with Crippen molar-refractivity contribution >= 4 is 22.3 Å². The third-order valence-electron chi connectivity index (χ3n) is 3.84. The molecule has 0 unspecified atom stereocenters. The number of amides is 3. The molecule has 0 spiro atoms. The number of hydroxylamine groups is 2. The summed E-state index contributed by atoms with van der Waals surface area (Å²) in [7, 11) is -3.33. The zero-order valence-electron chi connectivity index (χ0n) is 10.1. The standard InChI is InChI=1S/C9H13N3O6S/c1-10-3-5-2-6-4-11(7(5)8(10)13)9(14)12(6)18-19(15,16)17/h5-7H,2-4H2,1H3,(H,15,16,17)/p-1/t5-,6+,7-/m0/s1. The Labute approximate surface area is 109 Å². The summed E-state index contributed by atoms with van der Waals surface area (Å²) in [6.45, 7) is 0.719. The van der Waals surface area contributed by atoms with Crippen LogP contribution in [-0.4, -0.2) is 72.0 Å². The second-order valence-corrected chi connectivity index (χ2v) is 6.02. The molecule has 10 heteroatoms. The summed E-state index contributed by atoms with van der Waals surface area (Å²) in [5, 5.41) is 0.591. The second-order valence-electron chi connectivity index (χ2n) is 5.06. The number of likely N-dealkylation sites (N-methyl/N-ethyl adjacent to an activating group) is 1. The number of carbonyl (C=O) groups is 2. The fourth-order valence-corrected chi connectivity index (χ4v) is 3.55. The molecule has 0 aromatic heterocycles. The highest BCUT2D eigenvalue weighted by atomic mass is 32.3. The third kappa shape index (κ3) is 1.86. The zero-order valence-corrected chi connectivity index (χ0v) is 10.9. The van der Waals surface area contributed by atoms with E-state index < -0.39 is 28.5 Å². The van der Waals surface area contributed by atoms with Gasteiger partial charge in [-0.15, -0.1) is 0 Å². The van der Waals surface area contributed by atoms with Crippen molar-refractivity contribution in [1.82, 2.24) is 14.9 Å². The highest BCUT2D eigenvalue weighted by molar-refractivity contribution is 7.80. The lowest BCUT2D eigenvalue weighted by Crippen LogP contribution is -2.47. The van der Waals surface area contributed by atoms with Gasteiger partial charge in [0.15, 0.2) is 0 Å². The van der Waals surface area contributed by atoms with Crippen LogP contribution in [0.25, 0.3) is 0 Å². The fraction of sp³-hybridized carbons (Fsp3) is 0.778. The molecule has 0 aromatic carbocycles. The monoisotopic (exact) mass is 290 g/mol. The number of piperidine rings is 1. The normalized spacial score (nSPS) is 34.2. The minimum Gasteiger partial charge on any atom is -0.724 e. The van der Waals surface area contributed by atoms with Gasteiger partial charge in [-0.25, -0.2) is 13.2 Å². The van der Waals surface area contributed by atoms with E-state index >= 15 is 0 Å². The van der Waals surface area contributed by atoms with Crippen LogP contribution in [0.4, 0.5) is 4.79 Å². The molecule has 3 fully saturated rings. The number of nitrogens with zero attached hydrogens (tertiary/aromatic N) is 3. The van der Waals surface area contributed by atoms with E-state index in [0.717, 1.165) is 0 Å². The second kappa shape index (κ2) is 3.81. The van der Waals surface area contributed by atoms with Gasteiger partial charge in [0.25, 0.3) is 0 Å². The fourth-order valence-electron chi connectivity index (χ4n) is 3.17. The van der Waals surface area contributed by atoms with Crippen molar-refractivity contribution in [1.29, 1.82) is 0 Å². The number of rotatable bonds is 2. The maximum absolute atomic E-state index is 12.0. The quantitative estimate of drug-likeness (QED) is 0.445. The minimum atomic E-state index is -4.99. The molecule has 2 bridgehead atoms. The Morgan fingerprint density at radius 2 is 2.00 bits per heavy atom. The maximum atomic E-state index is 12.0. The molecule has 3 aliphatic heterocycles. The van der Waals surface area contributed by atoms with Crippen LogP contribution in [0.5, 0.6) is 0 Å². The predicted molar refractivity (Wildman–Crippen MR) is 58.0 cm³/mol. The molecule has 0 aromatic rings. The van der Waals surface area contributed by atoms with Crippen molar-refractivity contribution in [2.45, 2.75) is 18.5 Å². The largest absolute Gasteiger partial charge is 0.724 e. The van der Waals surface area contributed by atoms with Gasteiger partial charge in [-0.05, 0) is 6.42 Å². The van der Waals surface area contributed by atoms with Crippen molar-refractivity contribution in [3.8, 4) is 0 Å². The lowest BCUT2D eigenvalue weighted by atomic mass is 9.91. The van der Waals surface area contributed by atoms with Crippen LogP contribution < -0.4 is 0 Å². The van der Waals surface area contributed by atoms with E-state index in [0.29, 0.717) is 18.0 Å². The van der Waals surface area contributed by atoms with Crippen LogP contribution in [0.3, 0.4) is 0 Å². The van der Waals surface area contributed by atoms with Crippen LogP contribution in [-0.2, 0) is 19.5 Å². The zero-order chi connectivity index (χ0) is 13.9. The number of likely N-dealkylation sites (tertiary alicyclic amines) is 1. The van der Waals surface area contributed by atoms with Gasteiger partial charge in [0.2, 0.25) is 16.3 Å². The van der Waals surface area contributed by atoms with Gasteiger partial charge in [-0.1, -0.05) is 0 Å². The molecule has 106 valence electrons. The highest BCUT2D eigenvalue weighted by Gasteiger charge is 2.56. The van der Waals surface area contributed by atoms with Crippen molar-refractivity contribution < 1.29 is 26.8 Å². The molecule has 3 amide bonds. The first-order valence-corrected chi connectivity index (χ1v) is 7.11. The molecule has 19 heavy (non-hydrogen) atoms. The number of carbonyl (C=O) groups excluding carboxylic acids is 2. The van der Waals surface area contributed by atoms with Crippen LogP contribution in [0, 0.1) is 5.92 Å².